The SMILES string of the molecule is Cc1cc(Cl)ccc1CNC(=O)c1csc(CNC(=O)COc2ccc(OC(F)(F)F)cc2)n1. The minimum atomic E-state index is -4.78. The van der Waals surface area contributed by atoms with Crippen LogP contribution < -0.4 is 20.1 Å². The molecule has 2 aromatic carbocycles. The van der Waals surface area contributed by atoms with Crippen LogP contribution in [0.15, 0.2) is 47.8 Å². The first-order chi connectivity index (χ1) is 16.1. The molecule has 2 N–H and O–H groups in total. The van der Waals surface area contributed by atoms with E-state index < -0.39 is 18.0 Å². The van der Waals surface area contributed by atoms with E-state index in [1.54, 1.807) is 11.4 Å². The first-order valence-electron chi connectivity index (χ1n) is 9.82. The van der Waals surface area contributed by atoms with Crippen molar-refractivity contribution in [3.8, 4) is 11.5 Å². The van der Waals surface area contributed by atoms with Crippen molar-refractivity contribution in [1.82, 2.24) is 15.6 Å². The number of ether oxygens (including phenoxy) is 2. The number of rotatable bonds is 9. The molecule has 12 heteroatoms. The van der Waals surface area contributed by atoms with Crippen LogP contribution in [0.25, 0.3) is 0 Å². The van der Waals surface area contributed by atoms with Gasteiger partial charge in [-0.05, 0) is 54.4 Å². The molecule has 3 aromatic rings. The van der Waals surface area contributed by atoms with Gasteiger partial charge in [0.25, 0.3) is 11.8 Å². The van der Waals surface area contributed by atoms with Crippen molar-refractivity contribution in [2.45, 2.75) is 26.4 Å². The quantitative estimate of drug-likeness (QED) is 0.435. The van der Waals surface area contributed by atoms with Crippen LogP contribution in [0.5, 0.6) is 11.5 Å². The lowest BCUT2D eigenvalue weighted by atomic mass is 10.1. The number of thiazole rings is 1. The summed E-state index contributed by atoms with van der Waals surface area (Å²) in [5, 5.41) is 8.13. The van der Waals surface area contributed by atoms with E-state index in [1.807, 2.05) is 19.1 Å². The first kappa shape index (κ1) is 25.3. The van der Waals surface area contributed by atoms with E-state index in [0.717, 1.165) is 23.3 Å². The molecule has 7 nitrogen and oxygen atoms in total. The maximum Gasteiger partial charge on any atom is 0.573 e. The molecule has 1 aromatic heterocycles. The minimum Gasteiger partial charge on any atom is -0.484 e. The lowest BCUT2D eigenvalue weighted by Crippen LogP contribution is -2.28. The molecule has 3 rings (SSSR count). The van der Waals surface area contributed by atoms with E-state index in [9.17, 15) is 22.8 Å². The van der Waals surface area contributed by atoms with Crippen molar-refractivity contribution < 1.29 is 32.2 Å². The smallest absolute Gasteiger partial charge is 0.484 e. The number of halogens is 4. The van der Waals surface area contributed by atoms with Crippen LogP contribution in [0, 0.1) is 6.92 Å². The molecule has 2 amide bonds. The van der Waals surface area contributed by atoms with Gasteiger partial charge in [0, 0.05) is 16.9 Å². The summed E-state index contributed by atoms with van der Waals surface area (Å²) in [6, 6.07) is 10.1. The zero-order valence-electron chi connectivity index (χ0n) is 17.7. The normalized spacial score (nSPS) is 11.1. The van der Waals surface area contributed by atoms with Crippen molar-refractivity contribution in [2.75, 3.05) is 6.61 Å². The lowest BCUT2D eigenvalue weighted by Gasteiger charge is -2.10. The minimum absolute atomic E-state index is 0.0921. The number of hydrogen-bond acceptors (Lipinski definition) is 6. The summed E-state index contributed by atoms with van der Waals surface area (Å²) in [4.78, 5) is 28.5. The van der Waals surface area contributed by atoms with Gasteiger partial charge in [-0.15, -0.1) is 24.5 Å². The standard InChI is InChI=1S/C22H19ClF3N3O4S/c1-13-8-15(23)3-2-14(13)9-28-21(31)18-12-34-20(29-18)10-27-19(30)11-32-16-4-6-17(7-5-16)33-22(24,25)26/h2-8,12H,9-11H2,1H3,(H,27,30)(H,28,31). The molecule has 0 saturated heterocycles. The molecule has 0 unspecified atom stereocenters. The molecule has 0 aliphatic heterocycles. The Morgan fingerprint density at radius 3 is 2.44 bits per heavy atom. The van der Waals surface area contributed by atoms with Crippen LogP contribution in [0.2, 0.25) is 5.02 Å². The molecular formula is C22H19ClF3N3O4S. The molecule has 0 spiro atoms. The maximum absolute atomic E-state index is 12.3. The highest BCUT2D eigenvalue weighted by molar-refractivity contribution is 7.09. The van der Waals surface area contributed by atoms with Crippen LogP contribution in [0.4, 0.5) is 13.2 Å². The van der Waals surface area contributed by atoms with Gasteiger partial charge in [0.15, 0.2) is 6.61 Å². The third-order valence-electron chi connectivity index (χ3n) is 4.39. The van der Waals surface area contributed by atoms with Crippen LogP contribution in [0.1, 0.15) is 26.6 Å². The van der Waals surface area contributed by atoms with Crippen molar-refractivity contribution in [2.24, 2.45) is 0 Å². The summed E-state index contributed by atoms with van der Waals surface area (Å²) in [7, 11) is 0. The van der Waals surface area contributed by atoms with Crippen LogP contribution in [-0.2, 0) is 17.9 Å². The lowest BCUT2D eigenvalue weighted by molar-refractivity contribution is -0.274. The number of benzene rings is 2. The zero-order valence-corrected chi connectivity index (χ0v) is 19.3. The predicted octanol–water partition coefficient (Wildman–Crippen LogP) is 4.63. The summed E-state index contributed by atoms with van der Waals surface area (Å²) in [6.07, 6.45) is -4.78. The van der Waals surface area contributed by atoms with Gasteiger partial charge in [-0.1, -0.05) is 17.7 Å². The number of alkyl halides is 3. The van der Waals surface area contributed by atoms with Crippen LogP contribution in [0.3, 0.4) is 0 Å². The number of aryl methyl sites for hydroxylation is 1. The molecule has 0 radical (unpaired) electrons. The van der Waals surface area contributed by atoms with Crippen LogP contribution in [-0.4, -0.2) is 29.8 Å². The summed E-state index contributed by atoms with van der Waals surface area (Å²) >= 11 is 7.15. The van der Waals surface area contributed by atoms with E-state index in [0.29, 0.717) is 16.6 Å². The van der Waals surface area contributed by atoms with Crippen molar-refractivity contribution in [1.29, 1.82) is 0 Å². The Hall–Kier alpha value is -3.31. The van der Waals surface area contributed by atoms with Gasteiger partial charge < -0.3 is 20.1 Å². The molecule has 180 valence electrons. The molecule has 34 heavy (non-hydrogen) atoms. The van der Waals surface area contributed by atoms with Gasteiger partial charge in [0.2, 0.25) is 0 Å². The molecule has 0 saturated carbocycles. The van der Waals surface area contributed by atoms with E-state index in [4.69, 9.17) is 16.3 Å². The third-order valence-corrected chi connectivity index (χ3v) is 5.48. The van der Waals surface area contributed by atoms with Gasteiger partial charge in [-0.2, -0.15) is 0 Å². The monoisotopic (exact) mass is 513 g/mol. The molecule has 0 aliphatic carbocycles. The molecule has 1 heterocycles. The highest BCUT2D eigenvalue weighted by Crippen LogP contribution is 2.24. The highest BCUT2D eigenvalue weighted by Gasteiger charge is 2.31. The molecule has 0 atom stereocenters. The number of aromatic nitrogens is 1. The van der Waals surface area contributed by atoms with Gasteiger partial charge in [-0.25, -0.2) is 4.98 Å². The van der Waals surface area contributed by atoms with Crippen molar-refractivity contribution in [3.63, 3.8) is 0 Å². The predicted molar refractivity (Wildman–Crippen MR) is 120 cm³/mol. The van der Waals surface area contributed by atoms with E-state index in [-0.39, 0.29) is 30.5 Å². The Balaban J connectivity index is 1.41. The van der Waals surface area contributed by atoms with E-state index in [2.05, 4.69) is 20.4 Å². The fourth-order valence-corrected chi connectivity index (χ4v) is 3.67. The molecular weight excluding hydrogens is 495 g/mol. The van der Waals surface area contributed by atoms with E-state index in [1.165, 1.54) is 23.5 Å². The Kier molecular flexibility index (Phi) is 8.35. The second kappa shape index (κ2) is 11.2. The number of carbonyl (C=O) groups excluding carboxylic acids is 2. The summed E-state index contributed by atoms with van der Waals surface area (Å²) in [5.41, 5.74) is 2.13. The summed E-state index contributed by atoms with van der Waals surface area (Å²) < 4.78 is 45.5. The number of nitrogens with one attached hydrogen (secondary N) is 2. The van der Waals surface area contributed by atoms with Gasteiger partial charge in [-0.3, -0.25) is 9.59 Å². The fourth-order valence-electron chi connectivity index (χ4n) is 2.73. The first-order valence-corrected chi connectivity index (χ1v) is 11.1. The van der Waals surface area contributed by atoms with Crippen LogP contribution >= 0.6 is 22.9 Å². The number of hydrogen-bond donors (Lipinski definition) is 2. The second-order valence-electron chi connectivity index (χ2n) is 6.96. The number of nitrogens with zero attached hydrogens (tertiary/aromatic N) is 1. The highest BCUT2D eigenvalue weighted by atomic mass is 35.5. The summed E-state index contributed by atoms with van der Waals surface area (Å²) in [5.74, 6) is -0.996. The molecule has 0 aliphatic rings. The Labute approximate surface area is 201 Å². The van der Waals surface area contributed by atoms with Gasteiger partial charge in [0.05, 0.1) is 6.54 Å². The molecule has 0 bridgehead atoms. The Bertz CT molecular complexity index is 1150. The third kappa shape index (κ3) is 7.92. The average molecular weight is 514 g/mol. The average Bonchev–Trinajstić information content (AvgIpc) is 3.24. The fraction of sp³-hybridized carbons (Fsp3) is 0.227. The van der Waals surface area contributed by atoms with Gasteiger partial charge >= 0.3 is 6.36 Å². The summed E-state index contributed by atoms with van der Waals surface area (Å²) in [6.45, 7) is 1.97. The topological polar surface area (TPSA) is 89.6 Å². The Morgan fingerprint density at radius 1 is 1.06 bits per heavy atom. The second-order valence-corrected chi connectivity index (χ2v) is 8.34. The maximum atomic E-state index is 12.3. The van der Waals surface area contributed by atoms with E-state index >= 15 is 0 Å². The zero-order chi connectivity index (χ0) is 24.7. The largest absolute Gasteiger partial charge is 0.573 e. The Morgan fingerprint density at radius 2 is 1.76 bits per heavy atom. The van der Waals surface area contributed by atoms with Crippen molar-refractivity contribution in [3.05, 3.63) is 74.7 Å². The molecule has 0 fully saturated rings. The van der Waals surface area contributed by atoms with Gasteiger partial charge in [0.1, 0.15) is 22.2 Å². The van der Waals surface area contributed by atoms with Crippen molar-refractivity contribution >= 4 is 34.8 Å². The number of carbonyl (C=O) groups is 2. The number of amides is 2.